The third kappa shape index (κ3) is 3.58. The van der Waals surface area contributed by atoms with Crippen LogP contribution in [0.5, 0.6) is 0 Å². The van der Waals surface area contributed by atoms with Crippen LogP contribution in [0.3, 0.4) is 0 Å². The van der Waals surface area contributed by atoms with Crippen LogP contribution < -0.4 is 0 Å². The molecule has 1 atom stereocenters. The van der Waals surface area contributed by atoms with Crippen LogP contribution in [-0.2, 0) is 4.74 Å². The standard InChI is InChI=1S/C12H24O2/c1-4-12(2,3)14-9-11(13)10-7-5-6-8-10/h10-11,13H,4-9H2,1-3H3. The molecule has 1 unspecified atom stereocenters. The molecule has 2 heteroatoms. The van der Waals surface area contributed by atoms with E-state index >= 15 is 0 Å². The van der Waals surface area contributed by atoms with E-state index in [1.165, 1.54) is 25.7 Å². The number of aliphatic hydroxyl groups excluding tert-OH is 1. The summed E-state index contributed by atoms with van der Waals surface area (Å²) in [6.45, 7) is 6.77. The molecule has 1 saturated carbocycles. The number of aliphatic hydroxyl groups is 1. The molecule has 0 aromatic carbocycles. The van der Waals surface area contributed by atoms with Gasteiger partial charge in [-0.1, -0.05) is 19.8 Å². The molecule has 0 amide bonds. The van der Waals surface area contributed by atoms with Crippen molar-refractivity contribution < 1.29 is 9.84 Å². The van der Waals surface area contributed by atoms with E-state index in [2.05, 4.69) is 20.8 Å². The lowest BCUT2D eigenvalue weighted by atomic mass is 10.0. The normalized spacial score (nSPS) is 21.4. The Hall–Kier alpha value is -0.0800. The Morgan fingerprint density at radius 3 is 2.43 bits per heavy atom. The van der Waals surface area contributed by atoms with Gasteiger partial charge in [-0.15, -0.1) is 0 Å². The molecule has 0 heterocycles. The van der Waals surface area contributed by atoms with Gasteiger partial charge in [0.05, 0.1) is 18.3 Å². The lowest BCUT2D eigenvalue weighted by Gasteiger charge is -2.27. The highest BCUT2D eigenvalue weighted by Gasteiger charge is 2.25. The second kappa shape index (κ2) is 5.13. The SMILES string of the molecule is CCC(C)(C)OCC(O)C1CCCC1. The Kier molecular flexibility index (Phi) is 4.39. The Morgan fingerprint density at radius 1 is 1.36 bits per heavy atom. The molecule has 14 heavy (non-hydrogen) atoms. The molecular formula is C12H24O2. The van der Waals surface area contributed by atoms with Crippen LogP contribution in [0, 0.1) is 5.92 Å². The molecule has 1 aliphatic carbocycles. The molecule has 0 aromatic rings. The van der Waals surface area contributed by atoms with E-state index in [1.807, 2.05) is 0 Å². The smallest absolute Gasteiger partial charge is 0.0802 e. The molecule has 1 N–H and O–H groups in total. The number of rotatable bonds is 5. The summed E-state index contributed by atoms with van der Waals surface area (Å²) in [5, 5.41) is 9.88. The second-order valence-electron chi connectivity index (χ2n) is 5.04. The van der Waals surface area contributed by atoms with Gasteiger partial charge < -0.3 is 9.84 Å². The maximum atomic E-state index is 9.88. The first-order chi connectivity index (χ1) is 6.55. The lowest BCUT2D eigenvalue weighted by Crippen LogP contribution is -2.31. The second-order valence-corrected chi connectivity index (χ2v) is 5.04. The summed E-state index contributed by atoms with van der Waals surface area (Å²) in [7, 11) is 0. The van der Waals surface area contributed by atoms with Gasteiger partial charge in [0.15, 0.2) is 0 Å². The zero-order chi connectivity index (χ0) is 10.6. The molecule has 0 aromatic heterocycles. The quantitative estimate of drug-likeness (QED) is 0.739. The average Bonchev–Trinajstić information content (AvgIpc) is 2.67. The molecule has 1 rings (SSSR count). The first-order valence-electron chi connectivity index (χ1n) is 5.87. The molecule has 0 aliphatic heterocycles. The van der Waals surface area contributed by atoms with Crippen molar-refractivity contribution in [2.24, 2.45) is 5.92 Å². The fourth-order valence-corrected chi connectivity index (χ4v) is 1.89. The minimum Gasteiger partial charge on any atom is -0.390 e. The minimum absolute atomic E-state index is 0.0837. The zero-order valence-electron chi connectivity index (χ0n) is 9.75. The third-order valence-corrected chi connectivity index (χ3v) is 3.44. The van der Waals surface area contributed by atoms with Gasteiger partial charge in [-0.05, 0) is 39.0 Å². The molecule has 2 nitrogen and oxygen atoms in total. The van der Waals surface area contributed by atoms with Crippen LogP contribution >= 0.6 is 0 Å². The van der Waals surface area contributed by atoms with Gasteiger partial charge in [0.25, 0.3) is 0 Å². The monoisotopic (exact) mass is 200 g/mol. The van der Waals surface area contributed by atoms with Crippen molar-refractivity contribution in [2.75, 3.05) is 6.61 Å². The summed E-state index contributed by atoms with van der Waals surface area (Å²) in [4.78, 5) is 0. The summed E-state index contributed by atoms with van der Waals surface area (Å²) in [5.74, 6) is 0.489. The van der Waals surface area contributed by atoms with Crippen molar-refractivity contribution in [3.63, 3.8) is 0 Å². The summed E-state index contributed by atoms with van der Waals surface area (Å²) in [6, 6.07) is 0. The van der Waals surface area contributed by atoms with Gasteiger partial charge in [0.1, 0.15) is 0 Å². The predicted octanol–water partition coefficient (Wildman–Crippen LogP) is 2.74. The fourth-order valence-electron chi connectivity index (χ4n) is 1.89. The Bertz CT molecular complexity index is 160. The van der Waals surface area contributed by atoms with Gasteiger partial charge in [0, 0.05) is 0 Å². The topological polar surface area (TPSA) is 29.5 Å². The van der Waals surface area contributed by atoms with Crippen molar-refractivity contribution >= 4 is 0 Å². The Labute approximate surface area is 87.7 Å². The van der Waals surface area contributed by atoms with Crippen LogP contribution in [0.4, 0.5) is 0 Å². The highest BCUT2D eigenvalue weighted by molar-refractivity contribution is 4.76. The van der Waals surface area contributed by atoms with E-state index < -0.39 is 0 Å². The summed E-state index contributed by atoms with van der Waals surface area (Å²) in [5.41, 5.74) is -0.0837. The Morgan fingerprint density at radius 2 is 1.93 bits per heavy atom. The van der Waals surface area contributed by atoms with E-state index in [4.69, 9.17) is 4.74 Å². The molecule has 84 valence electrons. The van der Waals surface area contributed by atoms with E-state index in [0.717, 1.165) is 6.42 Å². The number of ether oxygens (including phenoxy) is 1. The average molecular weight is 200 g/mol. The van der Waals surface area contributed by atoms with Crippen LogP contribution in [0.25, 0.3) is 0 Å². The van der Waals surface area contributed by atoms with E-state index in [0.29, 0.717) is 12.5 Å². The Balaban J connectivity index is 2.23. The molecule has 1 aliphatic rings. The van der Waals surface area contributed by atoms with Crippen molar-refractivity contribution in [1.82, 2.24) is 0 Å². The molecule has 0 saturated heterocycles. The van der Waals surface area contributed by atoms with Gasteiger partial charge in [-0.3, -0.25) is 0 Å². The summed E-state index contributed by atoms with van der Waals surface area (Å²) >= 11 is 0. The van der Waals surface area contributed by atoms with Gasteiger partial charge in [0.2, 0.25) is 0 Å². The largest absolute Gasteiger partial charge is 0.390 e. The van der Waals surface area contributed by atoms with Gasteiger partial charge in [-0.25, -0.2) is 0 Å². The molecular weight excluding hydrogens is 176 g/mol. The number of hydrogen-bond acceptors (Lipinski definition) is 2. The van der Waals surface area contributed by atoms with E-state index in [9.17, 15) is 5.11 Å². The van der Waals surface area contributed by atoms with Crippen molar-refractivity contribution in [3.8, 4) is 0 Å². The van der Waals surface area contributed by atoms with Gasteiger partial charge in [-0.2, -0.15) is 0 Å². The first kappa shape index (κ1) is 12.0. The van der Waals surface area contributed by atoms with E-state index in [1.54, 1.807) is 0 Å². The van der Waals surface area contributed by atoms with Crippen molar-refractivity contribution in [1.29, 1.82) is 0 Å². The molecule has 0 spiro atoms. The summed E-state index contributed by atoms with van der Waals surface area (Å²) < 4.78 is 5.70. The van der Waals surface area contributed by atoms with Crippen molar-refractivity contribution in [2.45, 2.75) is 64.6 Å². The van der Waals surface area contributed by atoms with Crippen LogP contribution in [0.2, 0.25) is 0 Å². The van der Waals surface area contributed by atoms with Crippen LogP contribution in [-0.4, -0.2) is 23.4 Å². The lowest BCUT2D eigenvalue weighted by molar-refractivity contribution is -0.0743. The highest BCUT2D eigenvalue weighted by atomic mass is 16.5. The molecule has 1 fully saturated rings. The highest BCUT2D eigenvalue weighted by Crippen LogP contribution is 2.28. The van der Waals surface area contributed by atoms with Crippen molar-refractivity contribution in [3.05, 3.63) is 0 Å². The maximum Gasteiger partial charge on any atom is 0.0802 e. The maximum absolute atomic E-state index is 9.88. The fraction of sp³-hybridized carbons (Fsp3) is 1.00. The predicted molar refractivity (Wildman–Crippen MR) is 58.3 cm³/mol. The third-order valence-electron chi connectivity index (χ3n) is 3.44. The molecule has 0 bridgehead atoms. The number of hydrogen-bond donors (Lipinski definition) is 1. The van der Waals surface area contributed by atoms with Crippen LogP contribution in [0.15, 0.2) is 0 Å². The molecule has 0 radical (unpaired) electrons. The van der Waals surface area contributed by atoms with E-state index in [-0.39, 0.29) is 11.7 Å². The zero-order valence-corrected chi connectivity index (χ0v) is 9.75. The minimum atomic E-state index is -0.247. The van der Waals surface area contributed by atoms with Crippen LogP contribution in [0.1, 0.15) is 52.9 Å². The summed E-state index contributed by atoms with van der Waals surface area (Å²) in [6.07, 6.45) is 5.65. The van der Waals surface area contributed by atoms with Gasteiger partial charge >= 0.3 is 0 Å². The first-order valence-corrected chi connectivity index (χ1v) is 5.87.